The Morgan fingerprint density at radius 3 is 1.16 bits per heavy atom. The summed E-state index contributed by atoms with van der Waals surface area (Å²) in [6.45, 7) is 19.2. The monoisotopic (exact) mass is 286 g/mol. The Hall–Kier alpha value is -0.470. The van der Waals surface area contributed by atoms with Crippen molar-refractivity contribution in [3.63, 3.8) is 0 Å². The van der Waals surface area contributed by atoms with Gasteiger partial charge in [-0.25, -0.2) is 0 Å². The average molecular weight is 286 g/mol. The van der Waals surface area contributed by atoms with Crippen molar-refractivity contribution in [3.05, 3.63) is 36.5 Å². The molecule has 0 saturated carbocycles. The minimum atomic E-state index is -1.28. The van der Waals surface area contributed by atoms with Gasteiger partial charge >= 0.3 is 8.60 Å². The molecule has 0 radical (unpaired) electrons. The maximum atomic E-state index is 5.62. The normalized spacial score (nSPS) is 10.7. The summed E-state index contributed by atoms with van der Waals surface area (Å²) in [5.41, 5.74) is 3.29. The van der Waals surface area contributed by atoms with Gasteiger partial charge in [-0.3, -0.25) is 0 Å². The highest BCUT2D eigenvalue weighted by Gasteiger charge is 2.12. The first-order valence-corrected chi connectivity index (χ1v) is 7.63. The molecule has 0 atom stereocenters. The second kappa shape index (κ2) is 11.4. The van der Waals surface area contributed by atoms with E-state index in [4.69, 9.17) is 13.6 Å². The second-order valence-corrected chi connectivity index (χ2v) is 6.07. The fraction of sp³-hybridized carbons (Fsp3) is 0.600. The van der Waals surface area contributed by atoms with Gasteiger partial charge in [0, 0.05) is 0 Å². The van der Waals surface area contributed by atoms with Gasteiger partial charge in [0.15, 0.2) is 0 Å². The van der Waals surface area contributed by atoms with Crippen LogP contribution in [0.3, 0.4) is 0 Å². The Morgan fingerprint density at radius 1 is 0.684 bits per heavy atom. The molecule has 0 amide bonds. The van der Waals surface area contributed by atoms with E-state index in [0.29, 0.717) is 19.8 Å². The molecular formula is C15H27O3P. The molecule has 0 spiro atoms. The van der Waals surface area contributed by atoms with Crippen molar-refractivity contribution in [1.29, 1.82) is 0 Å². The summed E-state index contributed by atoms with van der Waals surface area (Å²) >= 11 is 0. The third-order valence-electron chi connectivity index (χ3n) is 2.18. The highest BCUT2D eigenvalue weighted by atomic mass is 31.2. The Labute approximate surface area is 119 Å². The van der Waals surface area contributed by atoms with E-state index in [1.807, 2.05) is 20.8 Å². The predicted octanol–water partition coefficient (Wildman–Crippen LogP) is 5.16. The van der Waals surface area contributed by atoms with Gasteiger partial charge in [-0.15, -0.1) is 19.7 Å². The molecule has 0 rings (SSSR count). The van der Waals surface area contributed by atoms with Crippen molar-refractivity contribution in [2.45, 2.75) is 40.0 Å². The topological polar surface area (TPSA) is 27.7 Å². The molecule has 0 aliphatic rings. The number of hydrogen-bond acceptors (Lipinski definition) is 3. The van der Waals surface area contributed by atoms with Crippen LogP contribution in [0.2, 0.25) is 0 Å². The van der Waals surface area contributed by atoms with E-state index in [2.05, 4.69) is 19.7 Å². The first-order chi connectivity index (χ1) is 8.91. The molecule has 0 N–H and O–H groups in total. The highest BCUT2D eigenvalue weighted by molar-refractivity contribution is 7.41. The molecule has 0 unspecified atom stereocenters. The van der Waals surface area contributed by atoms with Gasteiger partial charge in [-0.05, 0) is 40.0 Å². The van der Waals surface area contributed by atoms with Gasteiger partial charge in [0.1, 0.15) is 0 Å². The van der Waals surface area contributed by atoms with Crippen molar-refractivity contribution >= 4 is 8.60 Å². The quantitative estimate of drug-likeness (QED) is 0.366. The van der Waals surface area contributed by atoms with E-state index >= 15 is 0 Å². The molecular weight excluding hydrogens is 259 g/mol. The highest BCUT2D eigenvalue weighted by Crippen LogP contribution is 2.40. The molecule has 0 fully saturated rings. The molecule has 0 aromatic heterocycles. The lowest BCUT2D eigenvalue weighted by Gasteiger charge is -2.17. The zero-order valence-corrected chi connectivity index (χ0v) is 13.4. The lowest BCUT2D eigenvalue weighted by Crippen LogP contribution is -2.01. The fourth-order valence-electron chi connectivity index (χ4n) is 0.995. The molecule has 0 heterocycles. The van der Waals surface area contributed by atoms with Gasteiger partial charge in [-0.1, -0.05) is 16.7 Å². The molecule has 0 aromatic carbocycles. The molecule has 0 bridgehead atoms. The molecule has 0 saturated heterocycles. The maximum Gasteiger partial charge on any atom is 0.332 e. The van der Waals surface area contributed by atoms with Crippen molar-refractivity contribution < 1.29 is 13.6 Å². The lowest BCUT2D eigenvalue weighted by molar-refractivity contribution is 0.163. The summed E-state index contributed by atoms with van der Waals surface area (Å²) in [4.78, 5) is 0. The Morgan fingerprint density at radius 2 is 0.947 bits per heavy atom. The minimum Gasteiger partial charge on any atom is -0.312 e. The summed E-state index contributed by atoms with van der Waals surface area (Å²) < 4.78 is 16.9. The predicted molar refractivity (Wildman–Crippen MR) is 83.1 cm³/mol. The van der Waals surface area contributed by atoms with Gasteiger partial charge in [-0.2, -0.15) is 0 Å². The maximum absolute atomic E-state index is 5.62. The molecule has 3 nitrogen and oxygen atoms in total. The standard InChI is InChI=1S/C15H27O3P/c1-13(2)7-10-16-19(17-11-8-14(3)4)18-12-9-15(5)6/h1,3,5,7-12H2,2,4,6H3. The van der Waals surface area contributed by atoms with E-state index < -0.39 is 8.60 Å². The van der Waals surface area contributed by atoms with Crippen LogP contribution < -0.4 is 0 Å². The Balaban J connectivity index is 3.94. The first-order valence-electron chi connectivity index (χ1n) is 6.54. The van der Waals surface area contributed by atoms with Crippen molar-refractivity contribution in [2.75, 3.05) is 19.8 Å². The zero-order chi connectivity index (χ0) is 14.7. The first kappa shape index (κ1) is 18.5. The van der Waals surface area contributed by atoms with E-state index in [0.717, 1.165) is 36.0 Å². The fourth-order valence-corrected chi connectivity index (χ4v) is 1.94. The van der Waals surface area contributed by atoms with Crippen LogP contribution in [0.25, 0.3) is 0 Å². The smallest absolute Gasteiger partial charge is 0.312 e. The van der Waals surface area contributed by atoms with Crippen LogP contribution in [0.15, 0.2) is 36.5 Å². The van der Waals surface area contributed by atoms with Crippen LogP contribution in [-0.2, 0) is 13.6 Å². The van der Waals surface area contributed by atoms with Crippen molar-refractivity contribution in [1.82, 2.24) is 0 Å². The van der Waals surface area contributed by atoms with E-state index in [9.17, 15) is 0 Å². The van der Waals surface area contributed by atoms with E-state index in [1.165, 1.54) is 0 Å². The number of rotatable bonds is 12. The van der Waals surface area contributed by atoms with Gasteiger partial charge in [0.2, 0.25) is 0 Å². The summed E-state index contributed by atoms with van der Waals surface area (Å²) in [6, 6.07) is 0. The second-order valence-electron chi connectivity index (χ2n) is 4.84. The third-order valence-corrected chi connectivity index (χ3v) is 3.36. The van der Waals surface area contributed by atoms with Gasteiger partial charge < -0.3 is 13.6 Å². The lowest BCUT2D eigenvalue weighted by atomic mass is 10.3. The molecule has 0 aliphatic heterocycles. The summed E-state index contributed by atoms with van der Waals surface area (Å²) in [7, 11) is -1.28. The molecule has 110 valence electrons. The van der Waals surface area contributed by atoms with Crippen LogP contribution in [0.4, 0.5) is 0 Å². The SMILES string of the molecule is C=C(C)CCOP(OCCC(=C)C)OCCC(=C)C. The summed E-state index contributed by atoms with van der Waals surface area (Å²) in [5, 5.41) is 0. The van der Waals surface area contributed by atoms with Crippen LogP contribution in [0.5, 0.6) is 0 Å². The summed E-state index contributed by atoms with van der Waals surface area (Å²) in [6.07, 6.45) is 2.48. The van der Waals surface area contributed by atoms with Crippen molar-refractivity contribution in [3.8, 4) is 0 Å². The Kier molecular flexibility index (Phi) is 11.1. The Bertz CT molecular complexity index is 252. The zero-order valence-electron chi connectivity index (χ0n) is 12.5. The van der Waals surface area contributed by atoms with Gasteiger partial charge in [0.05, 0.1) is 19.8 Å². The van der Waals surface area contributed by atoms with Crippen molar-refractivity contribution in [2.24, 2.45) is 0 Å². The van der Waals surface area contributed by atoms with Crippen LogP contribution in [0, 0.1) is 0 Å². The molecule has 19 heavy (non-hydrogen) atoms. The van der Waals surface area contributed by atoms with E-state index in [1.54, 1.807) is 0 Å². The van der Waals surface area contributed by atoms with Crippen LogP contribution in [0.1, 0.15) is 40.0 Å². The molecule has 0 aromatic rings. The molecule has 0 aliphatic carbocycles. The van der Waals surface area contributed by atoms with Crippen LogP contribution >= 0.6 is 8.60 Å². The largest absolute Gasteiger partial charge is 0.332 e. The minimum absolute atomic E-state index is 0.585. The molecule has 4 heteroatoms. The average Bonchev–Trinajstić information content (AvgIpc) is 2.26. The number of hydrogen-bond donors (Lipinski definition) is 0. The van der Waals surface area contributed by atoms with E-state index in [-0.39, 0.29) is 0 Å². The van der Waals surface area contributed by atoms with Gasteiger partial charge in [0.25, 0.3) is 0 Å². The van der Waals surface area contributed by atoms with Crippen LogP contribution in [-0.4, -0.2) is 19.8 Å². The summed E-state index contributed by atoms with van der Waals surface area (Å²) in [5.74, 6) is 0. The third kappa shape index (κ3) is 13.8.